The maximum Gasteiger partial charge on any atom is 0.261 e. The van der Waals surface area contributed by atoms with Gasteiger partial charge in [-0.15, -0.1) is 0 Å². The van der Waals surface area contributed by atoms with Crippen LogP contribution in [-0.2, 0) is 0 Å². The van der Waals surface area contributed by atoms with Crippen molar-refractivity contribution in [2.75, 3.05) is 12.0 Å². The van der Waals surface area contributed by atoms with Gasteiger partial charge < -0.3 is 5.73 Å². The van der Waals surface area contributed by atoms with Crippen molar-refractivity contribution in [3.63, 3.8) is 0 Å². The van der Waals surface area contributed by atoms with Gasteiger partial charge in [0.25, 0.3) is 5.91 Å². The highest BCUT2D eigenvalue weighted by Gasteiger charge is 2.18. The van der Waals surface area contributed by atoms with Gasteiger partial charge in [0, 0.05) is 0 Å². The average Bonchev–Trinajstić information content (AvgIpc) is 2.57. The summed E-state index contributed by atoms with van der Waals surface area (Å²) in [7, 11) is 0. The normalized spacial score (nSPS) is 12.1. The van der Waals surface area contributed by atoms with E-state index in [1.165, 1.54) is 18.0 Å². The molecule has 0 aliphatic heterocycles. The van der Waals surface area contributed by atoms with E-state index in [-0.39, 0.29) is 22.5 Å². The summed E-state index contributed by atoms with van der Waals surface area (Å²) in [5.74, 6) is -0.102. The molecule has 0 bridgehead atoms. The van der Waals surface area contributed by atoms with Gasteiger partial charge in [-0.3, -0.25) is 4.79 Å². The number of nitrogen functional groups attached to an aromatic ring is 1. The van der Waals surface area contributed by atoms with Crippen LogP contribution < -0.4 is 5.73 Å². The number of hydrogen-bond donors (Lipinski definition) is 1. The van der Waals surface area contributed by atoms with Gasteiger partial charge in [0.05, 0.1) is 11.4 Å². The predicted molar refractivity (Wildman–Crippen MR) is 55.0 cm³/mol. The molecule has 0 fully saturated rings. The predicted octanol–water partition coefficient (Wildman–Crippen LogP) is 0.729. The zero-order chi connectivity index (χ0) is 10.7. The lowest BCUT2D eigenvalue weighted by Gasteiger charge is -2.07. The molecule has 5 nitrogen and oxygen atoms in total. The number of hydrogen-bond acceptors (Lipinski definition) is 5. The first-order valence-electron chi connectivity index (χ1n) is 3.92. The average molecular weight is 210 g/mol. The van der Waals surface area contributed by atoms with E-state index in [4.69, 9.17) is 11.0 Å². The minimum absolute atomic E-state index is 0.110. The second-order valence-electron chi connectivity index (χ2n) is 2.68. The number of rotatable bonds is 2. The van der Waals surface area contributed by atoms with Crippen molar-refractivity contribution >= 4 is 23.5 Å². The Balaban J connectivity index is 3.04. The quantitative estimate of drug-likeness (QED) is 0.777. The lowest BCUT2D eigenvalue weighted by Crippen LogP contribution is -2.23. The third kappa shape index (κ3) is 1.72. The number of carbonyl (C=O) groups excluding carboxylic acids is 1. The van der Waals surface area contributed by atoms with Crippen LogP contribution in [0, 0.1) is 11.3 Å². The van der Waals surface area contributed by atoms with Gasteiger partial charge >= 0.3 is 0 Å². The molecule has 0 saturated carbocycles. The molecular formula is C8H10N4OS. The highest BCUT2D eigenvalue weighted by Crippen LogP contribution is 2.14. The molecule has 74 valence electrons. The first-order chi connectivity index (χ1) is 6.61. The first-order valence-corrected chi connectivity index (χ1v) is 5.21. The molecule has 0 aromatic carbocycles. The van der Waals surface area contributed by atoms with Crippen molar-refractivity contribution in [2.24, 2.45) is 0 Å². The fourth-order valence-corrected chi connectivity index (χ4v) is 1.19. The summed E-state index contributed by atoms with van der Waals surface area (Å²) in [6.45, 7) is 1.76. The van der Waals surface area contributed by atoms with Crippen LogP contribution in [0.15, 0.2) is 6.20 Å². The van der Waals surface area contributed by atoms with Crippen LogP contribution in [-0.4, -0.2) is 27.2 Å². The third-order valence-corrected chi connectivity index (χ3v) is 2.75. The van der Waals surface area contributed by atoms with E-state index < -0.39 is 0 Å². The maximum absolute atomic E-state index is 11.6. The highest BCUT2D eigenvalue weighted by molar-refractivity contribution is 7.99. The largest absolute Gasteiger partial charge is 0.382 e. The Morgan fingerprint density at radius 3 is 2.93 bits per heavy atom. The Morgan fingerprint density at radius 1 is 1.86 bits per heavy atom. The molecule has 0 spiro atoms. The molecule has 1 unspecified atom stereocenters. The van der Waals surface area contributed by atoms with Crippen molar-refractivity contribution < 1.29 is 4.79 Å². The van der Waals surface area contributed by atoms with Crippen molar-refractivity contribution in [1.29, 1.82) is 5.26 Å². The molecule has 1 aromatic heterocycles. The monoisotopic (exact) mass is 210 g/mol. The molecule has 1 heterocycles. The number of nitrogens with two attached hydrogens (primary N) is 1. The van der Waals surface area contributed by atoms with Crippen LogP contribution in [0.4, 0.5) is 5.82 Å². The summed E-state index contributed by atoms with van der Waals surface area (Å²) in [5, 5.41) is 12.2. The fraction of sp³-hybridized carbons (Fsp3) is 0.375. The van der Waals surface area contributed by atoms with Crippen molar-refractivity contribution in [1.82, 2.24) is 9.78 Å². The molecular weight excluding hydrogens is 200 g/mol. The molecule has 0 amide bonds. The molecule has 0 aliphatic rings. The van der Waals surface area contributed by atoms with Crippen molar-refractivity contribution in [3.05, 3.63) is 11.8 Å². The lowest BCUT2D eigenvalue weighted by atomic mass is 10.3. The Labute approximate surface area is 85.9 Å². The third-order valence-electron chi connectivity index (χ3n) is 1.84. The molecule has 14 heavy (non-hydrogen) atoms. The molecule has 1 rings (SSSR count). The summed E-state index contributed by atoms with van der Waals surface area (Å²) in [4.78, 5) is 11.6. The van der Waals surface area contributed by atoms with Gasteiger partial charge in [-0.05, 0) is 13.2 Å². The minimum atomic E-state index is -0.219. The number of anilines is 1. The van der Waals surface area contributed by atoms with Crippen molar-refractivity contribution in [3.8, 4) is 6.07 Å². The molecule has 1 aromatic rings. The number of thioether (sulfide) groups is 1. The number of carbonyl (C=O) groups is 1. The van der Waals surface area contributed by atoms with Gasteiger partial charge in [-0.2, -0.15) is 26.8 Å². The maximum atomic E-state index is 11.6. The van der Waals surface area contributed by atoms with Gasteiger partial charge in [0.1, 0.15) is 17.5 Å². The molecule has 6 heteroatoms. The standard InChI is InChI=1S/C8H10N4OS/c1-5(14-2)8(13)12-7(10)6(3-9)4-11-12/h4-5H,10H2,1-2H3. The van der Waals surface area contributed by atoms with E-state index in [9.17, 15) is 4.79 Å². The Morgan fingerprint density at radius 2 is 2.50 bits per heavy atom. The van der Waals surface area contributed by atoms with Crippen LogP contribution >= 0.6 is 11.8 Å². The van der Waals surface area contributed by atoms with E-state index in [2.05, 4.69) is 5.10 Å². The summed E-state index contributed by atoms with van der Waals surface area (Å²) in [5.41, 5.74) is 5.78. The zero-order valence-electron chi connectivity index (χ0n) is 7.89. The van der Waals surface area contributed by atoms with E-state index >= 15 is 0 Å². The van der Waals surface area contributed by atoms with Crippen LogP contribution in [0.2, 0.25) is 0 Å². The van der Waals surface area contributed by atoms with Crippen molar-refractivity contribution in [2.45, 2.75) is 12.2 Å². The van der Waals surface area contributed by atoms with Crippen LogP contribution in [0.25, 0.3) is 0 Å². The Kier molecular flexibility index (Phi) is 3.14. The lowest BCUT2D eigenvalue weighted by molar-refractivity contribution is 0.0903. The smallest absolute Gasteiger partial charge is 0.261 e. The first kappa shape index (κ1) is 10.6. The highest BCUT2D eigenvalue weighted by atomic mass is 32.2. The second-order valence-corrected chi connectivity index (χ2v) is 3.86. The molecule has 0 radical (unpaired) electrons. The van der Waals surface area contributed by atoms with Crippen LogP contribution in [0.3, 0.4) is 0 Å². The van der Waals surface area contributed by atoms with Crippen LogP contribution in [0.5, 0.6) is 0 Å². The van der Waals surface area contributed by atoms with Gasteiger partial charge in [0.15, 0.2) is 0 Å². The fourth-order valence-electron chi connectivity index (χ4n) is 0.893. The Bertz CT molecular complexity index is 393. The van der Waals surface area contributed by atoms with E-state index in [1.54, 1.807) is 6.92 Å². The summed E-state index contributed by atoms with van der Waals surface area (Å²) < 4.78 is 1.07. The van der Waals surface area contributed by atoms with E-state index in [0.717, 1.165) is 4.68 Å². The SMILES string of the molecule is CSC(C)C(=O)n1ncc(C#N)c1N. The summed E-state index contributed by atoms with van der Waals surface area (Å²) in [6, 6.07) is 1.86. The Hall–Kier alpha value is -1.48. The van der Waals surface area contributed by atoms with E-state index in [1.807, 2.05) is 12.3 Å². The van der Waals surface area contributed by atoms with Gasteiger partial charge in [0.2, 0.25) is 0 Å². The summed E-state index contributed by atoms with van der Waals surface area (Å²) >= 11 is 1.40. The topological polar surface area (TPSA) is 84.7 Å². The second kappa shape index (κ2) is 4.15. The summed E-state index contributed by atoms with van der Waals surface area (Å²) in [6.07, 6.45) is 3.12. The number of aromatic nitrogens is 2. The van der Waals surface area contributed by atoms with E-state index in [0.29, 0.717) is 0 Å². The molecule has 0 saturated heterocycles. The molecule has 1 atom stereocenters. The molecule has 2 N–H and O–H groups in total. The number of nitriles is 1. The molecule has 0 aliphatic carbocycles. The van der Waals surface area contributed by atoms with Gasteiger partial charge in [-0.25, -0.2) is 0 Å². The number of nitrogens with zero attached hydrogens (tertiary/aromatic N) is 3. The van der Waals surface area contributed by atoms with Gasteiger partial charge in [-0.1, -0.05) is 0 Å². The minimum Gasteiger partial charge on any atom is -0.382 e. The zero-order valence-corrected chi connectivity index (χ0v) is 8.71. The van der Waals surface area contributed by atoms with Crippen LogP contribution in [0.1, 0.15) is 17.3 Å².